The Labute approximate surface area is 180 Å². The number of carbonyl (C=O) groups excluding carboxylic acids is 3. The molecule has 0 saturated carbocycles. The number of hydrogen-bond donors (Lipinski definition) is 1. The van der Waals surface area contributed by atoms with E-state index >= 15 is 0 Å². The molecule has 1 saturated heterocycles. The Balaban J connectivity index is 2.01. The van der Waals surface area contributed by atoms with Crippen molar-refractivity contribution in [1.82, 2.24) is 5.32 Å². The number of carbonyl (C=O) groups is 3. The molecule has 0 bridgehead atoms. The normalized spacial score (nSPS) is 15.1. The summed E-state index contributed by atoms with van der Waals surface area (Å²) < 4.78 is 11.5. The van der Waals surface area contributed by atoms with E-state index in [9.17, 15) is 14.4 Å². The molecule has 0 aliphatic carbocycles. The number of rotatable bonds is 5. The molecule has 146 valence electrons. The first-order valence-corrected chi connectivity index (χ1v) is 9.44. The number of hydrogen-bond acceptors (Lipinski definition) is 5. The Kier molecular flexibility index (Phi) is 6.19. The molecule has 1 fully saturated rings. The van der Waals surface area contributed by atoms with Gasteiger partial charge >= 0.3 is 6.03 Å². The molecule has 1 heterocycles. The van der Waals surface area contributed by atoms with E-state index in [1.54, 1.807) is 42.5 Å². The van der Waals surface area contributed by atoms with E-state index < -0.39 is 17.8 Å². The monoisotopic (exact) mass is 502 g/mol. The Bertz CT molecular complexity index is 1060. The maximum atomic E-state index is 12.9. The molecule has 29 heavy (non-hydrogen) atoms. The highest BCUT2D eigenvalue weighted by atomic mass is 127. The molecule has 3 rings (SSSR count). The second-order valence-corrected chi connectivity index (χ2v) is 6.98. The van der Waals surface area contributed by atoms with E-state index in [4.69, 9.17) is 15.9 Å². The number of ether oxygens (including phenoxy) is 2. The van der Waals surface area contributed by atoms with Crippen molar-refractivity contribution in [3.05, 3.63) is 57.2 Å². The first-order chi connectivity index (χ1) is 14.0. The van der Waals surface area contributed by atoms with Gasteiger partial charge in [0, 0.05) is 0 Å². The molecule has 0 spiro atoms. The van der Waals surface area contributed by atoms with E-state index in [-0.39, 0.29) is 12.2 Å². The van der Waals surface area contributed by atoms with Crippen molar-refractivity contribution in [2.24, 2.45) is 0 Å². The van der Waals surface area contributed by atoms with Crippen LogP contribution in [-0.2, 0) is 9.59 Å². The molecule has 0 atom stereocenters. The van der Waals surface area contributed by atoms with E-state index in [2.05, 4.69) is 11.2 Å². The number of terminal acetylenes is 1. The molecular weight excluding hydrogens is 487 g/mol. The zero-order valence-electron chi connectivity index (χ0n) is 15.3. The molecule has 2 aromatic rings. The number of benzene rings is 2. The van der Waals surface area contributed by atoms with Crippen LogP contribution < -0.4 is 19.7 Å². The third-order valence-electron chi connectivity index (χ3n) is 3.98. The van der Waals surface area contributed by atoms with Gasteiger partial charge in [-0.25, -0.2) is 9.69 Å². The first-order valence-electron chi connectivity index (χ1n) is 8.36. The fourth-order valence-electron chi connectivity index (χ4n) is 2.71. The van der Waals surface area contributed by atoms with Gasteiger partial charge in [0.2, 0.25) is 0 Å². The third kappa shape index (κ3) is 4.25. The van der Waals surface area contributed by atoms with Gasteiger partial charge in [-0.2, -0.15) is 0 Å². The number of barbiturate groups is 1. The van der Waals surface area contributed by atoms with Gasteiger partial charge in [-0.1, -0.05) is 24.1 Å². The number of methoxy groups -OCH3 is 1. The van der Waals surface area contributed by atoms with Crippen LogP contribution in [0.2, 0.25) is 0 Å². The van der Waals surface area contributed by atoms with Gasteiger partial charge in [0.15, 0.2) is 11.5 Å². The van der Waals surface area contributed by atoms with Crippen LogP contribution in [0.1, 0.15) is 5.56 Å². The lowest BCUT2D eigenvalue weighted by Crippen LogP contribution is -2.54. The van der Waals surface area contributed by atoms with Gasteiger partial charge in [0.05, 0.1) is 16.4 Å². The lowest BCUT2D eigenvalue weighted by Gasteiger charge is -2.26. The predicted molar refractivity (Wildman–Crippen MR) is 115 cm³/mol. The molecule has 7 nitrogen and oxygen atoms in total. The van der Waals surface area contributed by atoms with Crippen LogP contribution in [0.5, 0.6) is 11.5 Å². The van der Waals surface area contributed by atoms with Gasteiger partial charge in [-0.15, -0.1) is 6.42 Å². The summed E-state index contributed by atoms with van der Waals surface area (Å²) in [5.41, 5.74) is 0.711. The number of nitrogens with one attached hydrogen (secondary N) is 1. The molecule has 4 amide bonds. The van der Waals surface area contributed by atoms with Crippen molar-refractivity contribution < 1.29 is 23.9 Å². The second kappa shape index (κ2) is 8.79. The minimum absolute atomic E-state index is 0.0713. The Morgan fingerprint density at radius 3 is 2.59 bits per heavy atom. The summed E-state index contributed by atoms with van der Waals surface area (Å²) >= 11 is 2.04. The highest BCUT2D eigenvalue weighted by molar-refractivity contribution is 14.1. The number of amides is 4. The highest BCUT2D eigenvalue weighted by Crippen LogP contribution is 2.35. The quantitative estimate of drug-likeness (QED) is 0.294. The lowest BCUT2D eigenvalue weighted by atomic mass is 10.1. The number of urea groups is 1. The first kappa shape index (κ1) is 20.4. The van der Waals surface area contributed by atoms with Gasteiger partial charge in [-0.3, -0.25) is 14.9 Å². The van der Waals surface area contributed by atoms with Crippen molar-refractivity contribution in [3.63, 3.8) is 0 Å². The van der Waals surface area contributed by atoms with Crippen LogP contribution in [0.15, 0.2) is 48.0 Å². The number of nitrogens with zero attached hydrogens (tertiary/aromatic N) is 1. The van der Waals surface area contributed by atoms with Crippen molar-refractivity contribution in [2.75, 3.05) is 18.6 Å². The average molecular weight is 502 g/mol. The SMILES string of the molecule is C#CCOc1c(I)cc(/C=C2\C(=O)NC(=O)N(c3ccccc3)C2=O)cc1OC. The molecule has 2 aromatic carbocycles. The fraction of sp³-hybridized carbons (Fsp3) is 0.0952. The fourth-order valence-corrected chi connectivity index (χ4v) is 3.49. The Hall–Kier alpha value is -3.32. The number of imide groups is 2. The van der Waals surface area contributed by atoms with Crippen molar-refractivity contribution in [1.29, 1.82) is 0 Å². The summed E-state index contributed by atoms with van der Waals surface area (Å²) in [6.45, 7) is 0.0713. The molecular formula is C21H15IN2O5. The van der Waals surface area contributed by atoms with Gasteiger partial charge in [0.25, 0.3) is 11.8 Å². The molecule has 1 aliphatic heterocycles. The number of para-hydroxylation sites is 1. The van der Waals surface area contributed by atoms with Crippen LogP contribution in [0.4, 0.5) is 10.5 Å². The average Bonchev–Trinajstić information content (AvgIpc) is 2.70. The maximum Gasteiger partial charge on any atom is 0.335 e. The molecule has 0 unspecified atom stereocenters. The van der Waals surface area contributed by atoms with E-state index in [1.165, 1.54) is 13.2 Å². The van der Waals surface area contributed by atoms with Crippen LogP contribution in [0.25, 0.3) is 6.08 Å². The lowest BCUT2D eigenvalue weighted by molar-refractivity contribution is -0.122. The number of anilines is 1. The Morgan fingerprint density at radius 1 is 1.21 bits per heavy atom. The summed E-state index contributed by atoms with van der Waals surface area (Å²) in [6, 6.07) is 10.9. The Morgan fingerprint density at radius 2 is 1.93 bits per heavy atom. The van der Waals surface area contributed by atoms with E-state index in [1.807, 2.05) is 22.6 Å². The molecule has 8 heteroatoms. The van der Waals surface area contributed by atoms with Crippen LogP contribution in [-0.4, -0.2) is 31.6 Å². The third-order valence-corrected chi connectivity index (χ3v) is 4.78. The van der Waals surface area contributed by atoms with Crippen molar-refractivity contribution in [2.45, 2.75) is 0 Å². The minimum Gasteiger partial charge on any atom is -0.493 e. The molecule has 0 aromatic heterocycles. The van der Waals surface area contributed by atoms with Crippen molar-refractivity contribution >= 4 is 52.2 Å². The van der Waals surface area contributed by atoms with E-state index in [0.29, 0.717) is 26.3 Å². The molecule has 0 radical (unpaired) electrons. The second-order valence-electron chi connectivity index (χ2n) is 5.82. The van der Waals surface area contributed by atoms with E-state index in [0.717, 1.165) is 4.90 Å². The summed E-state index contributed by atoms with van der Waals surface area (Å²) in [5.74, 6) is 1.77. The summed E-state index contributed by atoms with van der Waals surface area (Å²) in [5, 5.41) is 2.19. The van der Waals surface area contributed by atoms with Crippen molar-refractivity contribution in [3.8, 4) is 23.8 Å². The standard InChI is InChI=1S/C21H15IN2O5/c1-3-9-29-18-16(22)11-13(12-17(18)28-2)10-15-19(25)23-21(27)24(20(15)26)14-7-5-4-6-8-14/h1,4-8,10-12H,9H2,2H3,(H,23,25,27)/b15-10+. The van der Waals surface area contributed by atoms with Crippen LogP contribution in [0.3, 0.4) is 0 Å². The molecule has 1 aliphatic rings. The van der Waals surface area contributed by atoms with Crippen LogP contribution >= 0.6 is 22.6 Å². The smallest absolute Gasteiger partial charge is 0.335 e. The molecule has 1 N–H and O–H groups in total. The predicted octanol–water partition coefficient (Wildman–Crippen LogP) is 2.98. The maximum absolute atomic E-state index is 12.9. The van der Waals surface area contributed by atoms with Gasteiger partial charge in [0.1, 0.15) is 12.2 Å². The largest absolute Gasteiger partial charge is 0.493 e. The zero-order valence-corrected chi connectivity index (χ0v) is 17.4. The van der Waals surface area contributed by atoms with Crippen LogP contribution in [0, 0.1) is 15.9 Å². The minimum atomic E-state index is -0.798. The van der Waals surface area contributed by atoms with Gasteiger partial charge < -0.3 is 9.47 Å². The highest BCUT2D eigenvalue weighted by Gasteiger charge is 2.36. The summed E-state index contributed by atoms with van der Waals surface area (Å²) in [4.78, 5) is 38.3. The zero-order chi connectivity index (χ0) is 21.0. The van der Waals surface area contributed by atoms with Gasteiger partial charge in [-0.05, 0) is 58.5 Å². The summed E-state index contributed by atoms with van der Waals surface area (Å²) in [6.07, 6.45) is 6.63. The summed E-state index contributed by atoms with van der Waals surface area (Å²) in [7, 11) is 1.47. The number of halogens is 1. The topological polar surface area (TPSA) is 84.9 Å².